The Bertz CT molecular complexity index is 651. The van der Waals surface area contributed by atoms with Crippen molar-refractivity contribution in [2.24, 2.45) is 0 Å². The number of nitrogens with one attached hydrogen (secondary N) is 2. The number of likely N-dealkylation sites (tertiary alicyclic amines) is 1. The quantitative estimate of drug-likeness (QED) is 0.833. The molecule has 3 rings (SSSR count). The number of hydrogen-bond acceptors (Lipinski definition) is 4. The van der Waals surface area contributed by atoms with Crippen molar-refractivity contribution in [1.29, 1.82) is 0 Å². The maximum Gasteiger partial charge on any atom is 0.240 e. The zero-order chi connectivity index (χ0) is 14.9. The molecule has 0 saturated carbocycles. The highest BCUT2D eigenvalue weighted by atomic mass is 32.2. The van der Waals surface area contributed by atoms with Crippen molar-refractivity contribution in [3.8, 4) is 0 Å². The van der Waals surface area contributed by atoms with Crippen molar-refractivity contribution < 1.29 is 13.2 Å². The van der Waals surface area contributed by atoms with E-state index in [0.29, 0.717) is 12.2 Å². The van der Waals surface area contributed by atoms with Gasteiger partial charge in [-0.3, -0.25) is 4.79 Å². The lowest BCUT2D eigenvalue weighted by molar-refractivity contribution is -0.115. The van der Waals surface area contributed by atoms with Crippen LogP contribution in [0.25, 0.3) is 0 Å². The van der Waals surface area contributed by atoms with Crippen LogP contribution in [0.5, 0.6) is 0 Å². The van der Waals surface area contributed by atoms with Crippen LogP contribution >= 0.6 is 0 Å². The first-order valence-corrected chi connectivity index (χ1v) is 8.68. The minimum absolute atomic E-state index is 0.0958. The highest BCUT2D eigenvalue weighted by molar-refractivity contribution is 7.89. The molecule has 1 saturated heterocycles. The summed E-state index contributed by atoms with van der Waals surface area (Å²) in [5.74, 6) is -0.0958. The summed E-state index contributed by atoms with van der Waals surface area (Å²) in [6, 6.07) is 4.75. The van der Waals surface area contributed by atoms with E-state index < -0.39 is 10.0 Å². The summed E-state index contributed by atoms with van der Waals surface area (Å²) < 4.78 is 27.1. The van der Waals surface area contributed by atoms with E-state index in [2.05, 4.69) is 14.9 Å². The number of rotatable bonds is 5. The first kappa shape index (κ1) is 14.5. The van der Waals surface area contributed by atoms with Crippen LogP contribution in [0.1, 0.15) is 18.4 Å². The van der Waals surface area contributed by atoms with Gasteiger partial charge in [0.15, 0.2) is 0 Å². The van der Waals surface area contributed by atoms with Gasteiger partial charge in [0.1, 0.15) is 0 Å². The molecule has 0 aromatic heterocycles. The van der Waals surface area contributed by atoms with Crippen molar-refractivity contribution in [2.45, 2.75) is 24.2 Å². The second kappa shape index (κ2) is 5.75. The number of nitrogens with zero attached hydrogens (tertiary/aromatic N) is 1. The molecule has 7 heteroatoms. The maximum atomic E-state index is 12.3. The van der Waals surface area contributed by atoms with E-state index in [1.165, 1.54) is 18.9 Å². The van der Waals surface area contributed by atoms with Crippen LogP contribution in [0.15, 0.2) is 23.1 Å². The van der Waals surface area contributed by atoms with Crippen molar-refractivity contribution in [2.75, 3.05) is 31.5 Å². The summed E-state index contributed by atoms with van der Waals surface area (Å²) in [5, 5.41) is 2.70. The molecule has 2 aliphatic rings. The van der Waals surface area contributed by atoms with Crippen LogP contribution in [0, 0.1) is 0 Å². The van der Waals surface area contributed by atoms with Crippen LogP contribution in [0.2, 0.25) is 0 Å². The molecular weight excluding hydrogens is 290 g/mol. The van der Waals surface area contributed by atoms with Gasteiger partial charge in [-0.05, 0) is 49.7 Å². The molecule has 0 aliphatic carbocycles. The Balaban J connectivity index is 1.64. The molecule has 2 aliphatic heterocycles. The Hall–Kier alpha value is -1.44. The third-order valence-corrected chi connectivity index (χ3v) is 5.39. The average molecular weight is 309 g/mol. The van der Waals surface area contributed by atoms with E-state index in [-0.39, 0.29) is 17.2 Å². The predicted octanol–water partition coefficient (Wildman–Crippen LogP) is 0.555. The van der Waals surface area contributed by atoms with Crippen LogP contribution in [-0.2, 0) is 21.2 Å². The van der Waals surface area contributed by atoms with Gasteiger partial charge in [0.25, 0.3) is 0 Å². The number of fused-ring (bicyclic) bond motifs is 1. The molecule has 0 radical (unpaired) electrons. The Morgan fingerprint density at radius 1 is 1.24 bits per heavy atom. The van der Waals surface area contributed by atoms with Gasteiger partial charge in [-0.15, -0.1) is 0 Å². The molecule has 0 bridgehead atoms. The number of sulfonamides is 1. The van der Waals surface area contributed by atoms with Gasteiger partial charge in [0.2, 0.25) is 15.9 Å². The smallest absolute Gasteiger partial charge is 0.240 e. The summed E-state index contributed by atoms with van der Waals surface area (Å²) >= 11 is 0. The van der Waals surface area contributed by atoms with Crippen LogP contribution in [0.4, 0.5) is 5.69 Å². The molecule has 1 fully saturated rings. The molecule has 1 aromatic carbocycles. The zero-order valence-corrected chi connectivity index (χ0v) is 12.6. The topological polar surface area (TPSA) is 78.5 Å². The van der Waals surface area contributed by atoms with Gasteiger partial charge in [0, 0.05) is 18.8 Å². The molecule has 2 heterocycles. The van der Waals surface area contributed by atoms with Gasteiger partial charge in [0.05, 0.1) is 11.3 Å². The number of carbonyl (C=O) groups is 1. The average Bonchev–Trinajstić information content (AvgIpc) is 3.05. The SMILES string of the molecule is O=C1Cc2cc(S(=O)(=O)NCCN3CCCC3)ccc2N1. The minimum atomic E-state index is -3.51. The van der Waals surface area contributed by atoms with E-state index in [0.717, 1.165) is 25.2 Å². The fourth-order valence-electron chi connectivity index (χ4n) is 2.80. The third kappa shape index (κ3) is 3.25. The molecule has 0 unspecified atom stereocenters. The highest BCUT2D eigenvalue weighted by Crippen LogP contribution is 2.25. The summed E-state index contributed by atoms with van der Waals surface area (Å²) in [6.07, 6.45) is 2.63. The lowest BCUT2D eigenvalue weighted by Gasteiger charge is -2.15. The van der Waals surface area contributed by atoms with Gasteiger partial charge in [-0.25, -0.2) is 13.1 Å². The lowest BCUT2D eigenvalue weighted by atomic mass is 10.2. The first-order chi connectivity index (χ1) is 10.0. The number of hydrogen-bond donors (Lipinski definition) is 2. The molecular formula is C14H19N3O3S. The third-order valence-electron chi connectivity index (χ3n) is 3.93. The largest absolute Gasteiger partial charge is 0.326 e. The molecule has 6 nitrogen and oxygen atoms in total. The molecule has 0 atom stereocenters. The Labute approximate surface area is 124 Å². The second-order valence-corrected chi connectivity index (χ2v) is 7.26. The van der Waals surface area contributed by atoms with Gasteiger partial charge in [-0.2, -0.15) is 0 Å². The zero-order valence-electron chi connectivity index (χ0n) is 11.8. The van der Waals surface area contributed by atoms with E-state index in [1.807, 2.05) is 0 Å². The number of amides is 1. The number of carbonyl (C=O) groups excluding carboxylic acids is 1. The van der Waals surface area contributed by atoms with E-state index in [9.17, 15) is 13.2 Å². The molecule has 114 valence electrons. The van der Waals surface area contributed by atoms with Gasteiger partial charge >= 0.3 is 0 Å². The Kier molecular flexibility index (Phi) is 3.97. The number of benzene rings is 1. The summed E-state index contributed by atoms with van der Waals surface area (Å²) in [7, 11) is -3.51. The van der Waals surface area contributed by atoms with Crippen LogP contribution < -0.4 is 10.0 Å². The van der Waals surface area contributed by atoms with Gasteiger partial charge in [-0.1, -0.05) is 0 Å². The molecule has 1 amide bonds. The normalized spacial score (nSPS) is 18.8. The molecule has 2 N–H and O–H groups in total. The molecule has 0 spiro atoms. The van der Waals surface area contributed by atoms with Crippen molar-refractivity contribution >= 4 is 21.6 Å². The first-order valence-electron chi connectivity index (χ1n) is 7.19. The molecule has 1 aromatic rings. The van der Waals surface area contributed by atoms with E-state index >= 15 is 0 Å². The molecule has 21 heavy (non-hydrogen) atoms. The summed E-state index contributed by atoms with van der Waals surface area (Å²) in [6.45, 7) is 3.25. The fourth-order valence-corrected chi connectivity index (χ4v) is 3.87. The minimum Gasteiger partial charge on any atom is -0.326 e. The van der Waals surface area contributed by atoms with Crippen LogP contribution in [-0.4, -0.2) is 45.4 Å². The predicted molar refractivity (Wildman–Crippen MR) is 79.6 cm³/mol. The number of anilines is 1. The Morgan fingerprint density at radius 3 is 2.76 bits per heavy atom. The van der Waals surface area contributed by atoms with E-state index in [1.54, 1.807) is 12.1 Å². The summed E-state index contributed by atoms with van der Waals surface area (Å²) in [5.41, 5.74) is 1.44. The maximum absolute atomic E-state index is 12.3. The lowest BCUT2D eigenvalue weighted by Crippen LogP contribution is -2.33. The van der Waals surface area contributed by atoms with Gasteiger partial charge < -0.3 is 10.2 Å². The monoisotopic (exact) mass is 309 g/mol. The Morgan fingerprint density at radius 2 is 2.00 bits per heavy atom. The van der Waals surface area contributed by atoms with Crippen molar-refractivity contribution in [1.82, 2.24) is 9.62 Å². The summed E-state index contributed by atoms with van der Waals surface area (Å²) in [4.78, 5) is 13.8. The fraction of sp³-hybridized carbons (Fsp3) is 0.500. The van der Waals surface area contributed by atoms with Crippen molar-refractivity contribution in [3.05, 3.63) is 23.8 Å². The van der Waals surface area contributed by atoms with E-state index in [4.69, 9.17) is 0 Å². The van der Waals surface area contributed by atoms with Crippen molar-refractivity contribution in [3.63, 3.8) is 0 Å². The van der Waals surface area contributed by atoms with Crippen LogP contribution in [0.3, 0.4) is 0 Å². The standard InChI is InChI=1S/C14H19N3O3S/c18-14-10-11-9-12(3-4-13(11)16-14)21(19,20)15-5-8-17-6-1-2-7-17/h3-4,9,15H,1-2,5-8,10H2,(H,16,18). The highest BCUT2D eigenvalue weighted by Gasteiger charge is 2.22. The second-order valence-electron chi connectivity index (χ2n) is 5.49.